The van der Waals surface area contributed by atoms with Crippen LogP contribution in [0.5, 0.6) is 5.75 Å². The molecule has 1 N–H and O–H groups in total. The fraction of sp³-hybridized carbons (Fsp3) is 0.0526. The first-order valence-electron chi connectivity index (χ1n) is 7.83. The van der Waals surface area contributed by atoms with E-state index in [2.05, 4.69) is 42.1 Å². The largest absolute Gasteiger partial charge is 0.456 e. The number of rotatable bonds is 4. The summed E-state index contributed by atoms with van der Waals surface area (Å²) in [6.45, 7) is 5.97. The van der Waals surface area contributed by atoms with Crippen molar-refractivity contribution in [2.24, 2.45) is 0 Å². The van der Waals surface area contributed by atoms with Crippen molar-refractivity contribution < 1.29 is 4.74 Å². The van der Waals surface area contributed by atoms with Crippen molar-refractivity contribution in [2.45, 2.75) is 6.92 Å². The van der Waals surface area contributed by atoms with Gasteiger partial charge in [-0.1, -0.05) is 60.6 Å². The molecule has 4 heteroatoms. The zero-order chi connectivity index (χ0) is 16.2. The van der Waals surface area contributed by atoms with Gasteiger partial charge in [-0.3, -0.25) is 0 Å². The van der Waals surface area contributed by atoms with E-state index in [0.29, 0.717) is 0 Å². The second kappa shape index (κ2) is 6.76. The molecule has 0 saturated heterocycles. The molecule has 2 nitrogen and oxygen atoms in total. The molecule has 2 aromatic rings. The van der Waals surface area contributed by atoms with E-state index >= 15 is 0 Å². The summed E-state index contributed by atoms with van der Waals surface area (Å²) < 4.78 is 6.18. The minimum absolute atomic E-state index is 0.790. The Balaban J connectivity index is 2.40. The van der Waals surface area contributed by atoms with Crippen molar-refractivity contribution in [2.75, 3.05) is 0 Å². The first-order chi connectivity index (χ1) is 11.3. The predicted molar refractivity (Wildman–Crippen MR) is 103 cm³/mol. The van der Waals surface area contributed by atoms with Gasteiger partial charge in [0.25, 0.3) is 0 Å². The molecule has 0 aliphatic carbocycles. The number of hydrogen-bond donors (Lipinski definition) is 1. The van der Waals surface area contributed by atoms with Gasteiger partial charge in [0, 0.05) is 11.1 Å². The van der Waals surface area contributed by atoms with Gasteiger partial charge in [-0.15, -0.1) is 0 Å². The van der Waals surface area contributed by atoms with Crippen LogP contribution in [0.2, 0.25) is 0 Å². The van der Waals surface area contributed by atoms with Crippen LogP contribution in [0.25, 0.3) is 16.7 Å². The fourth-order valence-electron chi connectivity index (χ4n) is 3.04. The van der Waals surface area contributed by atoms with E-state index < -0.39 is 0 Å². The van der Waals surface area contributed by atoms with Gasteiger partial charge in [0.15, 0.2) is 7.98 Å². The Bertz CT molecular complexity index is 809. The van der Waals surface area contributed by atoms with E-state index in [-0.39, 0.29) is 0 Å². The van der Waals surface area contributed by atoms with Crippen LogP contribution < -0.4 is 15.3 Å². The van der Waals surface area contributed by atoms with Gasteiger partial charge in [-0.2, -0.15) is 0 Å². The van der Waals surface area contributed by atoms with Gasteiger partial charge in [-0.05, 0) is 30.2 Å². The summed E-state index contributed by atoms with van der Waals surface area (Å²) in [4.78, 5) is 0. The normalized spacial score (nSPS) is 13.1. The second-order valence-electron chi connectivity index (χ2n) is 5.45. The first kappa shape index (κ1) is 15.4. The quantitative estimate of drug-likeness (QED) is 0.875. The lowest BCUT2D eigenvalue weighted by molar-refractivity contribution is 0.450. The van der Waals surface area contributed by atoms with Crippen molar-refractivity contribution in [1.29, 1.82) is 0 Å². The maximum absolute atomic E-state index is 6.18. The number of fused-ring (bicyclic) bond motifs is 3. The number of allylic oxidation sites excluding steroid dienone is 4. The number of para-hydroxylation sites is 1. The predicted octanol–water partition coefficient (Wildman–Crippen LogP) is 2.33. The standard InChI is InChI=1S/C19H19B2NO/c1-3-8-15-17(4-2)23-18-12-6-5-9-13(18)14-10-7-11-16(19(14)15)21-22-20/h3-12,21-22H,2,20H2,1H3/b8-3-. The minimum atomic E-state index is 0.790. The molecule has 0 unspecified atom stereocenters. The first-order valence-corrected chi connectivity index (χ1v) is 7.83. The van der Waals surface area contributed by atoms with Gasteiger partial charge in [-0.25, -0.2) is 0 Å². The summed E-state index contributed by atoms with van der Waals surface area (Å²) >= 11 is 0. The smallest absolute Gasteiger partial charge is 0.225 e. The molecule has 1 aliphatic rings. The highest BCUT2D eigenvalue weighted by Crippen LogP contribution is 2.40. The monoisotopic (exact) mass is 299 g/mol. The maximum atomic E-state index is 6.18. The summed E-state index contributed by atoms with van der Waals surface area (Å²) in [6.07, 6.45) is 5.93. The van der Waals surface area contributed by atoms with Crippen LogP contribution in [0.4, 0.5) is 0 Å². The van der Waals surface area contributed by atoms with Crippen molar-refractivity contribution >= 4 is 26.4 Å². The highest BCUT2D eigenvalue weighted by Gasteiger charge is 2.22. The Morgan fingerprint density at radius 3 is 2.65 bits per heavy atom. The van der Waals surface area contributed by atoms with Gasteiger partial charge in [0.2, 0.25) is 7.41 Å². The summed E-state index contributed by atoms with van der Waals surface area (Å²) in [6, 6.07) is 14.6. The molecule has 2 aromatic carbocycles. The van der Waals surface area contributed by atoms with Crippen molar-refractivity contribution in [1.82, 2.24) is 5.14 Å². The van der Waals surface area contributed by atoms with Crippen LogP contribution >= 0.6 is 0 Å². The summed E-state index contributed by atoms with van der Waals surface area (Å²) in [5.74, 6) is 1.66. The molecule has 0 fully saturated rings. The van der Waals surface area contributed by atoms with Crippen LogP contribution in [0.1, 0.15) is 12.5 Å². The van der Waals surface area contributed by atoms with E-state index in [4.69, 9.17) is 4.74 Å². The number of hydrogen-bond acceptors (Lipinski definition) is 2. The average Bonchev–Trinajstić information content (AvgIpc) is 2.71. The molecule has 23 heavy (non-hydrogen) atoms. The van der Waals surface area contributed by atoms with Crippen LogP contribution in [0.3, 0.4) is 0 Å². The molecule has 1 heterocycles. The van der Waals surface area contributed by atoms with Gasteiger partial charge in [0.1, 0.15) is 11.5 Å². The van der Waals surface area contributed by atoms with Crippen LogP contribution in [-0.2, 0) is 0 Å². The third kappa shape index (κ3) is 2.78. The van der Waals surface area contributed by atoms with Crippen LogP contribution in [0.15, 0.2) is 73.0 Å². The van der Waals surface area contributed by atoms with E-state index in [1.165, 1.54) is 16.6 Å². The molecular formula is C19H19B2NO. The molecule has 0 saturated carbocycles. The summed E-state index contributed by atoms with van der Waals surface area (Å²) in [5.41, 5.74) is 5.83. The molecule has 0 atom stereocenters. The zero-order valence-corrected chi connectivity index (χ0v) is 13.6. The Labute approximate surface area is 139 Å². The summed E-state index contributed by atoms with van der Waals surface area (Å²) in [7, 11) is 2.77. The lowest BCUT2D eigenvalue weighted by atomic mass is 9.73. The molecule has 0 radical (unpaired) electrons. The number of benzene rings is 2. The Kier molecular flexibility index (Phi) is 4.54. The lowest BCUT2D eigenvalue weighted by Crippen LogP contribution is -2.31. The third-order valence-corrected chi connectivity index (χ3v) is 3.97. The number of nitrogens with one attached hydrogen (secondary N) is 1. The molecular weight excluding hydrogens is 280 g/mol. The van der Waals surface area contributed by atoms with E-state index in [1.807, 2.05) is 39.2 Å². The molecule has 3 rings (SSSR count). The zero-order valence-electron chi connectivity index (χ0n) is 13.6. The van der Waals surface area contributed by atoms with Crippen LogP contribution in [-0.4, -0.2) is 15.4 Å². The third-order valence-electron chi connectivity index (χ3n) is 3.97. The topological polar surface area (TPSA) is 21.3 Å². The lowest BCUT2D eigenvalue weighted by Gasteiger charge is -2.14. The molecule has 1 aliphatic heterocycles. The van der Waals surface area contributed by atoms with Gasteiger partial charge < -0.3 is 9.88 Å². The van der Waals surface area contributed by atoms with Crippen molar-refractivity contribution in [3.63, 3.8) is 0 Å². The Hall–Kier alpha value is -2.45. The van der Waals surface area contributed by atoms with E-state index in [9.17, 15) is 0 Å². The van der Waals surface area contributed by atoms with Gasteiger partial charge in [0.05, 0.1) is 0 Å². The van der Waals surface area contributed by atoms with E-state index in [1.54, 1.807) is 6.08 Å². The fourth-order valence-corrected chi connectivity index (χ4v) is 3.04. The molecule has 0 spiro atoms. The highest BCUT2D eigenvalue weighted by atomic mass is 16.5. The Morgan fingerprint density at radius 2 is 1.91 bits per heavy atom. The average molecular weight is 299 g/mol. The van der Waals surface area contributed by atoms with Crippen molar-refractivity contribution in [3.8, 4) is 16.9 Å². The van der Waals surface area contributed by atoms with Crippen LogP contribution in [0, 0.1) is 0 Å². The SMILES string of the molecule is BNBc1cccc2c1C(/C=C\C)=C(C=C)Oc1ccccc1-2. The molecule has 0 amide bonds. The Morgan fingerprint density at radius 1 is 1.13 bits per heavy atom. The second-order valence-corrected chi connectivity index (χ2v) is 5.45. The molecule has 0 aromatic heterocycles. The minimum Gasteiger partial charge on any atom is -0.456 e. The summed E-state index contributed by atoms with van der Waals surface area (Å²) in [5, 5.41) is 3.26. The highest BCUT2D eigenvalue weighted by molar-refractivity contribution is 6.57. The maximum Gasteiger partial charge on any atom is 0.225 e. The van der Waals surface area contributed by atoms with Gasteiger partial charge >= 0.3 is 0 Å². The number of ether oxygens (including phenoxy) is 1. The molecule has 112 valence electrons. The van der Waals surface area contributed by atoms with E-state index in [0.717, 1.165) is 30.1 Å². The van der Waals surface area contributed by atoms with Crippen molar-refractivity contribution in [3.05, 3.63) is 78.6 Å². The molecule has 0 bridgehead atoms.